The third-order valence-corrected chi connectivity index (χ3v) is 15.7. The van der Waals surface area contributed by atoms with E-state index in [1.165, 1.54) is 61.1 Å². The zero-order chi connectivity index (χ0) is 68.9. The number of phenolic OH excluding ortho intramolecular Hbond substituents is 2. The molecule has 11 atom stereocenters. The summed E-state index contributed by atoms with van der Waals surface area (Å²) in [6.45, 7) is 5.32. The Morgan fingerprint density at radius 3 is 1.60 bits per heavy atom. The van der Waals surface area contributed by atoms with Gasteiger partial charge in [-0.3, -0.25) is 52.7 Å². The smallest absolute Gasteiger partial charge is 0.325 e. The molecule has 1 saturated heterocycles. The van der Waals surface area contributed by atoms with Gasteiger partial charge >= 0.3 is 5.97 Å². The van der Waals surface area contributed by atoms with Gasteiger partial charge in [-0.05, 0) is 85.0 Å². The number of rotatable bonds is 34. The van der Waals surface area contributed by atoms with Gasteiger partial charge in [0.25, 0.3) is 5.91 Å². The monoisotopic (exact) mass is 1310 g/mol. The number of aliphatic carboxylic acids is 1. The number of carbonyl (C=O) groups is 11. The van der Waals surface area contributed by atoms with Crippen LogP contribution in [-0.2, 0) is 78.4 Å². The number of aliphatic hydroxyl groups excluding tert-OH is 3. The van der Waals surface area contributed by atoms with Crippen molar-refractivity contribution in [2.24, 2.45) is 11.8 Å². The normalized spacial score (nSPS) is 16.2. The van der Waals surface area contributed by atoms with E-state index in [9.17, 15) is 83.4 Å². The van der Waals surface area contributed by atoms with Crippen LogP contribution in [0.25, 0.3) is 10.9 Å². The summed E-state index contributed by atoms with van der Waals surface area (Å²) in [5.41, 5.74) is 6.23. The fourth-order valence-corrected chi connectivity index (χ4v) is 10.5. The first-order chi connectivity index (χ1) is 44.7. The Balaban J connectivity index is 1.18. The Morgan fingerprint density at radius 2 is 1.06 bits per heavy atom. The molecule has 3 aromatic carbocycles. The molecule has 1 aliphatic rings. The minimum atomic E-state index is -1.71. The Bertz CT molecular complexity index is 3440. The lowest BCUT2D eigenvalue weighted by Gasteiger charge is -2.31. The number of phenols is 2. The van der Waals surface area contributed by atoms with E-state index in [4.69, 9.17) is 0 Å². The molecule has 31 nitrogen and oxygen atoms in total. The first kappa shape index (κ1) is 73.1. The van der Waals surface area contributed by atoms with E-state index in [1.807, 2.05) is 18.2 Å². The van der Waals surface area contributed by atoms with E-state index >= 15 is 0 Å². The lowest BCUT2D eigenvalue weighted by Crippen LogP contribution is -2.70. The average molecular weight is 1310 g/mol. The number of carboxylic acid groups (broad SMARTS) is 1. The molecule has 6 rings (SSSR count). The maximum Gasteiger partial charge on any atom is 0.325 e. The van der Waals surface area contributed by atoms with Crippen LogP contribution >= 0.6 is 0 Å². The number of hydrogen-bond acceptors (Lipinski definition) is 17. The fourth-order valence-electron chi connectivity index (χ4n) is 10.5. The van der Waals surface area contributed by atoms with Crippen LogP contribution in [0.4, 0.5) is 0 Å². The molecule has 0 aliphatic carbocycles. The van der Waals surface area contributed by atoms with E-state index in [-0.39, 0.29) is 68.9 Å². The van der Waals surface area contributed by atoms with Crippen molar-refractivity contribution in [3.63, 3.8) is 0 Å². The number of likely N-dealkylation sites (tertiary alicyclic amines) is 1. The number of nitrogens with one attached hydrogen (secondary N) is 11. The molecule has 94 heavy (non-hydrogen) atoms. The highest BCUT2D eigenvalue weighted by molar-refractivity contribution is 5.99. The number of aromatic nitrogens is 3. The molecule has 1 aliphatic heterocycles. The van der Waals surface area contributed by atoms with Gasteiger partial charge in [0.2, 0.25) is 53.2 Å². The zero-order valence-corrected chi connectivity index (χ0v) is 52.7. The van der Waals surface area contributed by atoms with E-state index < -0.39 is 157 Å². The van der Waals surface area contributed by atoms with Gasteiger partial charge < -0.3 is 99.1 Å². The third kappa shape index (κ3) is 20.8. The van der Waals surface area contributed by atoms with Crippen molar-refractivity contribution in [1.29, 1.82) is 0 Å². The number of hydrogen-bond donors (Lipinski definition) is 18. The lowest BCUT2D eigenvalue weighted by molar-refractivity contribution is -0.409. The first-order valence-electron chi connectivity index (χ1n) is 30.7. The molecule has 10 amide bonds. The second-order valence-electron chi connectivity index (χ2n) is 23.9. The summed E-state index contributed by atoms with van der Waals surface area (Å²) >= 11 is 0. The summed E-state index contributed by atoms with van der Waals surface area (Å²) in [4.78, 5) is 164. The van der Waals surface area contributed by atoms with Crippen molar-refractivity contribution in [2.75, 3.05) is 26.4 Å². The number of carbonyl (C=O) groups excluding carboxylic acids is 10. The van der Waals surface area contributed by atoms with Crippen LogP contribution in [-0.4, -0.2) is 208 Å². The third-order valence-electron chi connectivity index (χ3n) is 15.7. The largest absolute Gasteiger partial charge is 0.508 e. The van der Waals surface area contributed by atoms with Crippen LogP contribution in [0, 0.1) is 11.8 Å². The van der Waals surface area contributed by atoms with Crippen molar-refractivity contribution in [2.45, 2.75) is 146 Å². The Labute approximate surface area is 540 Å². The topological polar surface area (TPSA) is 493 Å². The highest BCUT2D eigenvalue weighted by atomic mass is 16.4. The Morgan fingerprint density at radius 1 is 0.564 bits per heavy atom. The molecule has 20 N–H and O–H groups in total. The summed E-state index contributed by atoms with van der Waals surface area (Å²) < 4.78 is 0. The number of aliphatic hydroxyl groups is 3. The van der Waals surface area contributed by atoms with Crippen LogP contribution in [0.2, 0.25) is 0 Å². The molecular formula is C63H85N14O17+. The number of aromatic amines is 2. The maximum atomic E-state index is 14.5. The molecule has 31 heteroatoms. The molecule has 0 unspecified atom stereocenters. The fraction of sp³-hybridized carbons (Fsp3) is 0.460. The molecule has 1 fully saturated rings. The van der Waals surface area contributed by atoms with Gasteiger partial charge in [-0.15, -0.1) is 0 Å². The summed E-state index contributed by atoms with van der Waals surface area (Å²) in [5.74, 6) is -11.5. The highest BCUT2D eigenvalue weighted by Gasteiger charge is 2.41. The predicted molar refractivity (Wildman–Crippen MR) is 336 cm³/mol. The summed E-state index contributed by atoms with van der Waals surface area (Å²) in [6, 6.07) is 2.74. The Hall–Kier alpha value is -9.98. The number of quaternary nitrogens is 1. The van der Waals surface area contributed by atoms with Crippen LogP contribution < -0.4 is 53.6 Å². The van der Waals surface area contributed by atoms with E-state index in [2.05, 4.69) is 68.5 Å². The van der Waals surface area contributed by atoms with Crippen LogP contribution in [0.1, 0.15) is 76.3 Å². The van der Waals surface area contributed by atoms with Crippen LogP contribution in [0.3, 0.4) is 0 Å². The first-order valence-corrected chi connectivity index (χ1v) is 30.7. The van der Waals surface area contributed by atoms with Gasteiger partial charge in [0.1, 0.15) is 78.5 Å². The van der Waals surface area contributed by atoms with Crippen molar-refractivity contribution >= 4 is 75.9 Å². The molecule has 0 spiro atoms. The Kier molecular flexibility index (Phi) is 26.9. The van der Waals surface area contributed by atoms with Gasteiger partial charge in [-0.1, -0.05) is 70.2 Å². The second kappa shape index (κ2) is 34.6. The molecule has 508 valence electrons. The van der Waals surface area contributed by atoms with E-state index in [0.29, 0.717) is 22.4 Å². The van der Waals surface area contributed by atoms with Crippen LogP contribution in [0.15, 0.2) is 91.5 Å². The zero-order valence-electron chi connectivity index (χ0n) is 52.7. The summed E-state index contributed by atoms with van der Waals surface area (Å²) in [7, 11) is 0. The number of amides is 10. The van der Waals surface area contributed by atoms with E-state index in [0.717, 1.165) is 22.7 Å². The quantitative estimate of drug-likeness (QED) is 0.0189. The van der Waals surface area contributed by atoms with Crippen molar-refractivity contribution < 1.29 is 89.1 Å². The molecule has 0 radical (unpaired) electrons. The molecule has 0 saturated carbocycles. The molecule has 0 bridgehead atoms. The number of benzene rings is 3. The van der Waals surface area contributed by atoms with Crippen molar-refractivity contribution in [3.8, 4) is 11.5 Å². The summed E-state index contributed by atoms with van der Waals surface area (Å²) in [6.07, 6.45) is 3.88. The van der Waals surface area contributed by atoms with E-state index in [1.54, 1.807) is 40.0 Å². The molecular weight excluding hydrogens is 1220 g/mol. The summed E-state index contributed by atoms with van der Waals surface area (Å²) in [5, 5.41) is 83.6. The predicted octanol–water partition coefficient (Wildman–Crippen LogP) is -3.68. The standard InChI is InChI=1S/C63H84N14O17/c1-32(2)21-44(54(84)71-48(25-38-27-65-31-67-38)57(87)70-45(22-35-12-16-39(81)17-13-35)55(85)74-49(29-79)59(89)68-34(5)63(93)94)72-60(90)51-11-8-20-77(51)62(92)50(30-80)75-56(86)46(23-36-14-18-40(82)19-15-36)73-61(91)52(33(3)4)76-58(88)47(69-53(83)42(64)28-78)24-37-26-66-43-10-7-6-9-41(37)43/h6-7,9-10,12-19,26-27,31-34,42,44-52,66,78-82H,8,11,20-25,28-30,64H2,1-5H3,(H,65,67)(H,68,89)(H,69,83)(H,70,87)(H,71,84)(H,72,90)(H,73,91)(H,74,85)(H,75,86)(H,76,88)(H,93,94)/p+1/t34-,42-,44-,45-,46-,47-,48-,49-,50-,51-,52-/m0/s1. The minimum Gasteiger partial charge on any atom is -0.508 e. The second-order valence-corrected chi connectivity index (χ2v) is 23.9. The molecule has 5 aromatic rings. The number of imidazole rings is 1. The minimum absolute atomic E-state index is 0.0117. The molecule has 3 heterocycles. The maximum absolute atomic E-state index is 14.5. The van der Waals surface area contributed by atoms with Gasteiger partial charge in [0.15, 0.2) is 6.04 Å². The highest BCUT2D eigenvalue weighted by Crippen LogP contribution is 2.23. The number of H-pyrrole nitrogens is 2. The van der Waals surface area contributed by atoms with Gasteiger partial charge in [-0.2, -0.15) is 0 Å². The SMILES string of the molecule is CC(C)C[C@H](NC(=O)[C@@H]1CCCN1C(=O)[C@H](CO)NC(=O)[C@H](Cc1ccc(O)cc1)NC(=O)[C@@H](NC(=O)[C@H](Cc1c[nH]c2ccccc12)NC(=O)[C@@H]([NH3+])CO)C(C)C)C(=O)N[C@@H](Cc1cnc[nH]1)C(=O)N[C@@H](Cc1ccc(O)cc1)C(=O)N[C@@H](CO)C(=O)N[C@@H](C)C(=O)O. The van der Waals surface area contributed by atoms with Gasteiger partial charge in [0, 0.05) is 61.2 Å². The van der Waals surface area contributed by atoms with Crippen molar-refractivity contribution in [1.82, 2.24) is 67.7 Å². The average Bonchev–Trinajstić information content (AvgIpc) is 1.62. The lowest BCUT2D eigenvalue weighted by atomic mass is 9.99. The van der Waals surface area contributed by atoms with Gasteiger partial charge in [-0.25, -0.2) is 4.98 Å². The number of fused-ring (bicyclic) bond motifs is 1. The number of carboxylic acids is 1. The number of nitrogens with zero attached hydrogens (tertiary/aromatic N) is 2. The van der Waals surface area contributed by atoms with Crippen molar-refractivity contribution in [3.05, 3.63) is 114 Å². The van der Waals surface area contributed by atoms with Crippen LogP contribution in [0.5, 0.6) is 11.5 Å². The number of aromatic hydroxyl groups is 2. The van der Waals surface area contributed by atoms with Gasteiger partial charge in [0.05, 0.1) is 19.5 Å². The number of para-hydroxylation sites is 1. The molecule has 2 aromatic heterocycles.